The van der Waals surface area contributed by atoms with Gasteiger partial charge in [0.05, 0.1) is 16.9 Å². The molecule has 0 aromatic carbocycles. The van der Waals surface area contributed by atoms with E-state index in [1.807, 2.05) is 11.1 Å². The van der Waals surface area contributed by atoms with Gasteiger partial charge in [-0.2, -0.15) is 0 Å². The Hall–Kier alpha value is -3.31. The second kappa shape index (κ2) is 11.9. The van der Waals surface area contributed by atoms with Crippen molar-refractivity contribution in [1.29, 1.82) is 0 Å². The number of hydrogen-bond acceptors (Lipinski definition) is 7. The first-order valence-corrected chi connectivity index (χ1v) is 15.7. The summed E-state index contributed by atoms with van der Waals surface area (Å²) >= 11 is 0. The standard InChI is InChI=1S/C33H44N6O2/c1-5-8-29(40)38-17-12-25(13-18-38)39-20-24(21-39)26-19-27-32(31(35-26)23-9-10-23)41-22(4)30-28(11-14-34-33(30)36-27)37(15-6-2)16-7-3/h11,14,19,22-25H,6-7,9-10,12-13,15-18,20-21H2,1-4H3,(H,34,36). The smallest absolute Gasteiger partial charge is 0.298 e. The number of ether oxygens (including phenoxy) is 1. The maximum atomic E-state index is 12.1. The van der Waals surface area contributed by atoms with E-state index in [0.717, 1.165) is 99.2 Å². The molecule has 0 bridgehead atoms. The normalized spacial score (nSPS) is 20.9. The third-order valence-electron chi connectivity index (χ3n) is 9.06. The number of nitrogens with zero attached hydrogens (tertiary/aromatic N) is 5. The molecule has 3 fully saturated rings. The van der Waals surface area contributed by atoms with Gasteiger partial charge in [0.2, 0.25) is 0 Å². The molecule has 0 spiro atoms. The number of hydrogen-bond donors (Lipinski definition) is 1. The minimum absolute atomic E-state index is 0.0372. The molecule has 1 N–H and O–H groups in total. The zero-order chi connectivity index (χ0) is 28.5. The molecule has 41 heavy (non-hydrogen) atoms. The molecule has 1 amide bonds. The molecule has 2 saturated heterocycles. The lowest BCUT2D eigenvalue weighted by Crippen LogP contribution is -2.54. The van der Waals surface area contributed by atoms with E-state index in [-0.39, 0.29) is 12.0 Å². The minimum Gasteiger partial charge on any atom is -0.482 e. The Balaban J connectivity index is 1.21. The Kier molecular flexibility index (Phi) is 8.07. The van der Waals surface area contributed by atoms with Crippen molar-refractivity contribution < 1.29 is 9.53 Å². The molecule has 1 atom stereocenters. The first kappa shape index (κ1) is 27.8. The molecular formula is C33H44N6O2. The van der Waals surface area contributed by atoms with E-state index in [1.165, 1.54) is 18.5 Å². The van der Waals surface area contributed by atoms with Gasteiger partial charge >= 0.3 is 0 Å². The van der Waals surface area contributed by atoms with Crippen LogP contribution in [0.25, 0.3) is 0 Å². The van der Waals surface area contributed by atoms with Crippen LogP contribution in [-0.2, 0) is 4.79 Å². The molecule has 6 rings (SSSR count). The van der Waals surface area contributed by atoms with Crippen LogP contribution in [0, 0.1) is 11.8 Å². The van der Waals surface area contributed by atoms with Crippen molar-refractivity contribution in [3.05, 3.63) is 35.3 Å². The molecule has 5 heterocycles. The lowest BCUT2D eigenvalue weighted by molar-refractivity contribution is -0.126. The quantitative estimate of drug-likeness (QED) is 0.425. The maximum absolute atomic E-state index is 12.1. The van der Waals surface area contributed by atoms with E-state index in [4.69, 9.17) is 14.7 Å². The maximum Gasteiger partial charge on any atom is 0.298 e. The molecule has 3 aliphatic heterocycles. The fourth-order valence-electron chi connectivity index (χ4n) is 6.75. The van der Waals surface area contributed by atoms with Crippen molar-refractivity contribution in [2.24, 2.45) is 0 Å². The summed E-state index contributed by atoms with van der Waals surface area (Å²) in [6.07, 6.45) is 8.38. The van der Waals surface area contributed by atoms with Gasteiger partial charge in [-0.1, -0.05) is 19.8 Å². The van der Waals surface area contributed by atoms with Crippen molar-refractivity contribution in [3.63, 3.8) is 0 Å². The van der Waals surface area contributed by atoms with Crippen LogP contribution >= 0.6 is 0 Å². The van der Waals surface area contributed by atoms with E-state index >= 15 is 0 Å². The van der Waals surface area contributed by atoms with Crippen LogP contribution in [0.15, 0.2) is 18.3 Å². The highest BCUT2D eigenvalue weighted by molar-refractivity contribution is 5.93. The van der Waals surface area contributed by atoms with Gasteiger partial charge in [-0.25, -0.2) is 4.98 Å². The van der Waals surface area contributed by atoms with Crippen LogP contribution in [0.3, 0.4) is 0 Å². The molecular weight excluding hydrogens is 512 g/mol. The van der Waals surface area contributed by atoms with Crippen molar-refractivity contribution in [2.45, 2.75) is 90.2 Å². The minimum atomic E-state index is -0.121. The van der Waals surface area contributed by atoms with Crippen molar-refractivity contribution in [1.82, 2.24) is 19.8 Å². The first-order chi connectivity index (χ1) is 20.0. The number of likely N-dealkylation sites (tertiary alicyclic amines) is 2. The van der Waals surface area contributed by atoms with Crippen molar-refractivity contribution in [3.8, 4) is 17.6 Å². The lowest BCUT2D eigenvalue weighted by Gasteiger charge is -2.47. The molecule has 218 valence electrons. The van der Waals surface area contributed by atoms with Gasteiger partial charge in [-0.05, 0) is 70.4 Å². The number of fused-ring (bicyclic) bond motifs is 2. The van der Waals surface area contributed by atoms with E-state index in [1.54, 1.807) is 6.92 Å². The molecule has 0 radical (unpaired) electrons. The summed E-state index contributed by atoms with van der Waals surface area (Å²) in [5.41, 5.74) is 5.64. The summed E-state index contributed by atoms with van der Waals surface area (Å²) in [7, 11) is 0. The summed E-state index contributed by atoms with van der Waals surface area (Å²) in [6, 6.07) is 4.90. The van der Waals surface area contributed by atoms with Crippen LogP contribution < -0.4 is 15.0 Å². The molecule has 8 heteroatoms. The molecule has 1 unspecified atom stereocenters. The van der Waals surface area contributed by atoms with Crippen LogP contribution in [0.4, 0.5) is 17.2 Å². The predicted octanol–water partition coefficient (Wildman–Crippen LogP) is 5.59. The SMILES string of the molecule is CC#CC(=O)N1CCC(N2CC(c3cc4c(c(C5CC5)n3)OC(C)c3c(N(CCC)CCC)ccnc3N4)C2)CC1. The number of piperidine rings is 1. The topological polar surface area (TPSA) is 73.8 Å². The molecule has 2 aromatic rings. The number of carbonyl (C=O) groups is 1. The fraction of sp³-hybridized carbons (Fsp3) is 0.606. The monoisotopic (exact) mass is 556 g/mol. The van der Waals surface area contributed by atoms with Gasteiger partial charge < -0.3 is 19.9 Å². The second-order valence-corrected chi connectivity index (χ2v) is 12.1. The van der Waals surface area contributed by atoms with Gasteiger partial charge in [0, 0.05) is 74.7 Å². The number of anilines is 3. The highest BCUT2D eigenvalue weighted by Gasteiger charge is 2.39. The van der Waals surface area contributed by atoms with E-state index in [9.17, 15) is 4.79 Å². The van der Waals surface area contributed by atoms with Crippen molar-refractivity contribution >= 4 is 23.1 Å². The molecule has 2 aromatic heterocycles. The second-order valence-electron chi connectivity index (χ2n) is 12.1. The van der Waals surface area contributed by atoms with Crippen LogP contribution in [-0.4, -0.2) is 71.0 Å². The number of rotatable bonds is 8. The summed E-state index contributed by atoms with van der Waals surface area (Å²) in [5, 5.41) is 3.71. The summed E-state index contributed by atoms with van der Waals surface area (Å²) in [5.74, 6) is 8.08. The third-order valence-corrected chi connectivity index (χ3v) is 9.06. The van der Waals surface area contributed by atoms with Crippen LogP contribution in [0.2, 0.25) is 0 Å². The fourth-order valence-corrected chi connectivity index (χ4v) is 6.75. The Morgan fingerprint density at radius 1 is 1.12 bits per heavy atom. The van der Waals surface area contributed by atoms with Gasteiger partial charge in [0.15, 0.2) is 5.75 Å². The van der Waals surface area contributed by atoms with Crippen LogP contribution in [0.5, 0.6) is 5.75 Å². The zero-order valence-electron chi connectivity index (χ0n) is 25.1. The van der Waals surface area contributed by atoms with E-state index in [2.05, 4.69) is 59.9 Å². The molecule has 1 saturated carbocycles. The third kappa shape index (κ3) is 5.61. The number of amides is 1. The first-order valence-electron chi connectivity index (χ1n) is 15.7. The highest BCUT2D eigenvalue weighted by Crippen LogP contribution is 2.51. The number of nitrogens with one attached hydrogen (secondary N) is 1. The van der Waals surface area contributed by atoms with Crippen LogP contribution in [0.1, 0.15) is 101 Å². The van der Waals surface area contributed by atoms with E-state index in [0.29, 0.717) is 17.9 Å². The number of carbonyl (C=O) groups excluding carboxylic acids is 1. The average molecular weight is 557 g/mol. The van der Waals surface area contributed by atoms with Gasteiger partial charge in [-0.15, -0.1) is 0 Å². The Bertz CT molecular complexity index is 1330. The Morgan fingerprint density at radius 3 is 2.51 bits per heavy atom. The summed E-state index contributed by atoms with van der Waals surface area (Å²) in [6.45, 7) is 14.0. The predicted molar refractivity (Wildman–Crippen MR) is 163 cm³/mol. The summed E-state index contributed by atoms with van der Waals surface area (Å²) in [4.78, 5) is 29.2. The van der Waals surface area contributed by atoms with Gasteiger partial charge in [-0.3, -0.25) is 14.7 Å². The molecule has 4 aliphatic rings. The zero-order valence-corrected chi connectivity index (χ0v) is 25.1. The average Bonchev–Trinajstić information content (AvgIpc) is 3.80. The summed E-state index contributed by atoms with van der Waals surface area (Å²) < 4.78 is 6.77. The molecule has 1 aliphatic carbocycles. The molecule has 8 nitrogen and oxygen atoms in total. The van der Waals surface area contributed by atoms with E-state index < -0.39 is 0 Å². The Morgan fingerprint density at radius 2 is 1.85 bits per heavy atom. The lowest BCUT2D eigenvalue weighted by atomic mass is 9.90. The number of aromatic nitrogens is 2. The largest absolute Gasteiger partial charge is 0.482 e. The van der Waals surface area contributed by atoms with Gasteiger partial charge in [0.1, 0.15) is 11.9 Å². The van der Waals surface area contributed by atoms with Gasteiger partial charge in [0.25, 0.3) is 5.91 Å². The highest BCUT2D eigenvalue weighted by atomic mass is 16.5. The van der Waals surface area contributed by atoms with Crippen molar-refractivity contribution in [2.75, 3.05) is 49.5 Å². The number of pyridine rings is 2. The Labute approximate surface area is 244 Å².